The van der Waals surface area contributed by atoms with Crippen molar-refractivity contribution in [2.75, 3.05) is 20.8 Å². The molecule has 2 unspecified atom stereocenters. The van der Waals surface area contributed by atoms with Gasteiger partial charge in [-0.05, 0) is 12.8 Å². The molecule has 2 atom stereocenters. The molecule has 0 heterocycles. The highest BCUT2D eigenvalue weighted by atomic mass is 16.5. The first-order chi connectivity index (χ1) is 6.66. The molecular weight excluding hydrogens is 180 g/mol. The van der Waals surface area contributed by atoms with Crippen molar-refractivity contribution in [1.82, 2.24) is 4.90 Å². The number of rotatable bonds is 3. The van der Waals surface area contributed by atoms with Crippen molar-refractivity contribution in [2.24, 2.45) is 5.73 Å². The molecule has 1 aliphatic carbocycles. The van der Waals surface area contributed by atoms with Gasteiger partial charge < -0.3 is 15.4 Å². The molecule has 0 aromatic heterocycles. The molecule has 0 saturated heterocycles. The van der Waals surface area contributed by atoms with Gasteiger partial charge in [0, 0.05) is 26.2 Å². The van der Waals surface area contributed by atoms with Gasteiger partial charge in [-0.3, -0.25) is 4.79 Å². The van der Waals surface area contributed by atoms with Crippen LogP contribution in [0.2, 0.25) is 0 Å². The van der Waals surface area contributed by atoms with Crippen LogP contribution in [0.4, 0.5) is 0 Å². The van der Waals surface area contributed by atoms with Crippen molar-refractivity contribution in [2.45, 2.75) is 37.8 Å². The largest absolute Gasteiger partial charge is 0.375 e. The number of hydrogen-bond donors (Lipinski definition) is 1. The summed E-state index contributed by atoms with van der Waals surface area (Å²) in [6, 6.07) is 0.334. The maximum absolute atomic E-state index is 11.5. The number of likely N-dealkylation sites (N-methyl/N-ethyl adjacent to an activating group) is 1. The molecule has 1 aliphatic rings. The van der Waals surface area contributed by atoms with Crippen LogP contribution in [-0.2, 0) is 9.53 Å². The second-order valence-electron chi connectivity index (χ2n) is 3.95. The first-order valence-corrected chi connectivity index (χ1v) is 5.17. The molecule has 14 heavy (non-hydrogen) atoms. The van der Waals surface area contributed by atoms with Gasteiger partial charge in [0.15, 0.2) is 0 Å². The summed E-state index contributed by atoms with van der Waals surface area (Å²) in [5, 5.41) is 0. The van der Waals surface area contributed by atoms with E-state index in [-0.39, 0.29) is 24.6 Å². The molecule has 0 radical (unpaired) electrons. The summed E-state index contributed by atoms with van der Waals surface area (Å²) < 4.78 is 4.82. The van der Waals surface area contributed by atoms with Crippen LogP contribution in [0.25, 0.3) is 0 Å². The van der Waals surface area contributed by atoms with Gasteiger partial charge in [0.25, 0.3) is 0 Å². The second kappa shape index (κ2) is 5.32. The summed E-state index contributed by atoms with van der Waals surface area (Å²) in [6.45, 7) is 0.152. The lowest BCUT2D eigenvalue weighted by Crippen LogP contribution is -2.51. The fourth-order valence-corrected chi connectivity index (χ4v) is 2.03. The van der Waals surface area contributed by atoms with Gasteiger partial charge in [-0.2, -0.15) is 0 Å². The predicted octanol–water partition coefficient (Wildman–Crippen LogP) is 0.361. The Morgan fingerprint density at radius 3 is 2.71 bits per heavy atom. The fraction of sp³-hybridized carbons (Fsp3) is 0.900. The Morgan fingerprint density at radius 2 is 2.14 bits per heavy atom. The first-order valence-electron chi connectivity index (χ1n) is 5.17. The van der Waals surface area contributed by atoms with Gasteiger partial charge >= 0.3 is 0 Å². The molecule has 0 bridgehead atoms. The third kappa shape index (κ3) is 2.69. The molecule has 2 N–H and O–H groups in total. The summed E-state index contributed by atoms with van der Waals surface area (Å²) in [7, 11) is 3.35. The Labute approximate surface area is 85.4 Å². The van der Waals surface area contributed by atoms with Crippen molar-refractivity contribution >= 4 is 5.91 Å². The molecule has 1 amide bonds. The standard InChI is InChI=1S/C10H20N2O2/c1-12(10(13)7-14-2)9-6-4-3-5-8(9)11/h8-9H,3-7,11H2,1-2H3. The third-order valence-electron chi connectivity index (χ3n) is 2.94. The van der Waals surface area contributed by atoms with Gasteiger partial charge in [-0.1, -0.05) is 12.8 Å². The number of nitrogens with two attached hydrogens (primary N) is 1. The van der Waals surface area contributed by atoms with Crippen molar-refractivity contribution < 1.29 is 9.53 Å². The normalized spacial score (nSPS) is 27.4. The summed E-state index contributed by atoms with van der Waals surface area (Å²) in [6.07, 6.45) is 4.40. The SMILES string of the molecule is COCC(=O)N(C)C1CCCCC1N. The minimum Gasteiger partial charge on any atom is -0.375 e. The van der Waals surface area contributed by atoms with Gasteiger partial charge in [-0.15, -0.1) is 0 Å². The van der Waals surface area contributed by atoms with E-state index in [1.165, 1.54) is 20.0 Å². The highest BCUT2D eigenvalue weighted by Gasteiger charge is 2.27. The summed E-state index contributed by atoms with van der Waals surface area (Å²) in [5.41, 5.74) is 5.98. The zero-order valence-corrected chi connectivity index (χ0v) is 9.03. The molecular formula is C10H20N2O2. The van der Waals surface area contributed by atoms with E-state index in [0.29, 0.717) is 0 Å². The highest BCUT2D eigenvalue weighted by Crippen LogP contribution is 2.20. The molecule has 0 spiro atoms. The third-order valence-corrected chi connectivity index (χ3v) is 2.94. The van der Waals surface area contributed by atoms with E-state index in [1.54, 1.807) is 4.90 Å². The van der Waals surface area contributed by atoms with Crippen molar-refractivity contribution in [3.05, 3.63) is 0 Å². The summed E-state index contributed by atoms with van der Waals surface area (Å²) in [4.78, 5) is 13.3. The Kier molecular flexibility index (Phi) is 4.35. The van der Waals surface area contributed by atoms with E-state index in [9.17, 15) is 4.79 Å². The lowest BCUT2D eigenvalue weighted by atomic mass is 9.90. The van der Waals surface area contributed by atoms with Gasteiger partial charge in [-0.25, -0.2) is 0 Å². The van der Waals surface area contributed by atoms with Crippen LogP contribution in [0.1, 0.15) is 25.7 Å². The van der Waals surface area contributed by atoms with E-state index in [2.05, 4.69) is 0 Å². The molecule has 0 aromatic carbocycles. The average molecular weight is 200 g/mol. The van der Waals surface area contributed by atoms with Crippen LogP contribution < -0.4 is 5.73 Å². The highest BCUT2D eigenvalue weighted by molar-refractivity contribution is 5.77. The molecule has 82 valence electrons. The van der Waals surface area contributed by atoms with E-state index >= 15 is 0 Å². The Morgan fingerprint density at radius 1 is 1.50 bits per heavy atom. The fourth-order valence-electron chi connectivity index (χ4n) is 2.03. The zero-order valence-electron chi connectivity index (χ0n) is 9.03. The first kappa shape index (κ1) is 11.5. The van der Waals surface area contributed by atoms with Crippen LogP contribution in [0.3, 0.4) is 0 Å². The second-order valence-corrected chi connectivity index (χ2v) is 3.95. The van der Waals surface area contributed by atoms with E-state index in [1.807, 2.05) is 7.05 Å². The molecule has 4 heteroatoms. The number of hydrogen-bond acceptors (Lipinski definition) is 3. The smallest absolute Gasteiger partial charge is 0.248 e. The van der Waals surface area contributed by atoms with Crippen molar-refractivity contribution in [3.63, 3.8) is 0 Å². The maximum atomic E-state index is 11.5. The predicted molar refractivity (Wildman–Crippen MR) is 54.9 cm³/mol. The van der Waals surface area contributed by atoms with Crippen LogP contribution in [-0.4, -0.2) is 43.7 Å². The minimum absolute atomic E-state index is 0.0230. The Hall–Kier alpha value is -0.610. The molecule has 1 fully saturated rings. The molecule has 1 rings (SSSR count). The Bertz CT molecular complexity index is 197. The lowest BCUT2D eigenvalue weighted by molar-refractivity contribution is -0.136. The van der Waals surface area contributed by atoms with Gasteiger partial charge in [0.05, 0.1) is 0 Å². The van der Waals surface area contributed by atoms with E-state index < -0.39 is 0 Å². The van der Waals surface area contributed by atoms with E-state index in [4.69, 9.17) is 10.5 Å². The number of nitrogens with zero attached hydrogens (tertiary/aromatic N) is 1. The van der Waals surface area contributed by atoms with Gasteiger partial charge in [0.1, 0.15) is 6.61 Å². The molecule has 0 aromatic rings. The summed E-state index contributed by atoms with van der Waals surface area (Å²) in [5.74, 6) is 0.0230. The van der Waals surface area contributed by atoms with E-state index in [0.717, 1.165) is 12.8 Å². The van der Waals surface area contributed by atoms with Crippen molar-refractivity contribution in [1.29, 1.82) is 0 Å². The Balaban J connectivity index is 2.48. The number of carbonyl (C=O) groups excluding carboxylic acids is 1. The van der Waals surface area contributed by atoms with Crippen LogP contribution in [0.5, 0.6) is 0 Å². The maximum Gasteiger partial charge on any atom is 0.248 e. The number of methoxy groups -OCH3 is 1. The van der Waals surface area contributed by atoms with Crippen LogP contribution in [0.15, 0.2) is 0 Å². The number of amides is 1. The minimum atomic E-state index is 0.0230. The van der Waals surface area contributed by atoms with Crippen molar-refractivity contribution in [3.8, 4) is 0 Å². The zero-order chi connectivity index (χ0) is 10.6. The quantitative estimate of drug-likeness (QED) is 0.715. The molecule has 4 nitrogen and oxygen atoms in total. The molecule has 0 aliphatic heterocycles. The number of ether oxygens (including phenoxy) is 1. The van der Waals surface area contributed by atoms with Crippen LogP contribution in [0, 0.1) is 0 Å². The molecule has 1 saturated carbocycles. The monoisotopic (exact) mass is 200 g/mol. The average Bonchev–Trinajstić information content (AvgIpc) is 2.18. The number of carbonyl (C=O) groups is 1. The lowest BCUT2D eigenvalue weighted by Gasteiger charge is -2.35. The van der Waals surface area contributed by atoms with Crippen LogP contribution >= 0.6 is 0 Å². The summed E-state index contributed by atoms with van der Waals surface area (Å²) >= 11 is 0. The van der Waals surface area contributed by atoms with Gasteiger partial charge in [0.2, 0.25) is 5.91 Å². The topological polar surface area (TPSA) is 55.6 Å².